The van der Waals surface area contributed by atoms with Crippen LogP contribution < -0.4 is 5.73 Å². The fourth-order valence-corrected chi connectivity index (χ4v) is 2.19. The predicted molar refractivity (Wildman–Crippen MR) is 56.6 cm³/mol. The van der Waals surface area contributed by atoms with Crippen molar-refractivity contribution in [2.45, 2.75) is 27.2 Å². The van der Waals surface area contributed by atoms with Crippen LogP contribution in [0.25, 0.3) is 0 Å². The summed E-state index contributed by atoms with van der Waals surface area (Å²) in [5, 5.41) is 9.81. The lowest BCUT2D eigenvalue weighted by molar-refractivity contribution is 0.0692. The van der Waals surface area contributed by atoms with Gasteiger partial charge in [-0.25, -0.2) is 9.78 Å². The number of thiazole rings is 1. The summed E-state index contributed by atoms with van der Waals surface area (Å²) >= 11 is 1.26. The van der Waals surface area contributed by atoms with Gasteiger partial charge in [-0.3, -0.25) is 0 Å². The van der Waals surface area contributed by atoms with Gasteiger partial charge < -0.3 is 10.8 Å². The number of aromatic nitrogens is 1. The molecular weight excluding hydrogens is 200 g/mol. The Labute approximate surface area is 86.8 Å². The van der Waals surface area contributed by atoms with Crippen molar-refractivity contribution in [2.24, 2.45) is 5.41 Å². The number of carboxylic acids is 1. The molecule has 0 aliphatic heterocycles. The largest absolute Gasteiger partial charge is 0.476 e. The van der Waals surface area contributed by atoms with E-state index in [1.807, 2.05) is 0 Å². The van der Waals surface area contributed by atoms with Gasteiger partial charge in [0.05, 0.1) is 5.01 Å². The molecule has 1 aromatic heterocycles. The van der Waals surface area contributed by atoms with E-state index < -0.39 is 5.97 Å². The van der Waals surface area contributed by atoms with Crippen LogP contribution in [-0.4, -0.2) is 16.1 Å². The molecular formula is C9H14N2O2S. The number of nitrogens with zero attached hydrogens (tertiary/aromatic N) is 1. The number of hydrogen-bond donors (Lipinski definition) is 2. The summed E-state index contributed by atoms with van der Waals surface area (Å²) < 4.78 is 0. The van der Waals surface area contributed by atoms with E-state index in [1.54, 1.807) is 0 Å². The molecule has 1 heterocycles. The number of hydrogen-bond acceptors (Lipinski definition) is 4. The molecule has 0 spiro atoms. The van der Waals surface area contributed by atoms with E-state index in [0.29, 0.717) is 0 Å². The van der Waals surface area contributed by atoms with E-state index in [9.17, 15) is 4.79 Å². The molecule has 3 N–H and O–H groups in total. The summed E-state index contributed by atoms with van der Waals surface area (Å²) in [5.41, 5.74) is 5.61. The summed E-state index contributed by atoms with van der Waals surface area (Å²) in [5.74, 6) is -1.06. The first-order valence-electron chi connectivity index (χ1n) is 4.28. The Balaban J connectivity index is 2.92. The van der Waals surface area contributed by atoms with E-state index in [0.717, 1.165) is 11.4 Å². The second kappa shape index (κ2) is 3.57. The van der Waals surface area contributed by atoms with Crippen LogP contribution in [0, 0.1) is 5.41 Å². The summed E-state index contributed by atoms with van der Waals surface area (Å²) in [6.07, 6.45) is 0.745. The highest BCUT2D eigenvalue weighted by Crippen LogP contribution is 2.27. The first-order chi connectivity index (χ1) is 6.29. The Morgan fingerprint density at radius 2 is 2.14 bits per heavy atom. The molecule has 0 saturated heterocycles. The molecule has 0 aromatic carbocycles. The smallest absolute Gasteiger partial charge is 0.357 e. The topological polar surface area (TPSA) is 76.2 Å². The minimum absolute atomic E-state index is 0.0192. The summed E-state index contributed by atoms with van der Waals surface area (Å²) in [7, 11) is 0. The molecule has 78 valence electrons. The van der Waals surface area contributed by atoms with Gasteiger partial charge in [0.1, 0.15) is 5.00 Å². The molecule has 0 atom stereocenters. The summed E-state index contributed by atoms with van der Waals surface area (Å²) in [6.45, 7) is 6.22. The maximum atomic E-state index is 10.7. The molecule has 14 heavy (non-hydrogen) atoms. The van der Waals surface area contributed by atoms with E-state index in [-0.39, 0.29) is 16.1 Å². The number of carbonyl (C=O) groups is 1. The Kier molecular flexibility index (Phi) is 2.80. The van der Waals surface area contributed by atoms with Crippen molar-refractivity contribution in [2.75, 3.05) is 5.73 Å². The molecule has 1 aromatic rings. The molecule has 1 rings (SSSR count). The van der Waals surface area contributed by atoms with Gasteiger partial charge >= 0.3 is 5.97 Å². The zero-order valence-corrected chi connectivity index (χ0v) is 9.31. The fraction of sp³-hybridized carbons (Fsp3) is 0.556. The third-order valence-corrected chi connectivity index (χ3v) is 2.47. The van der Waals surface area contributed by atoms with E-state index >= 15 is 0 Å². The van der Waals surface area contributed by atoms with E-state index in [4.69, 9.17) is 10.8 Å². The van der Waals surface area contributed by atoms with Crippen molar-refractivity contribution in [1.82, 2.24) is 4.98 Å². The van der Waals surface area contributed by atoms with Crippen molar-refractivity contribution in [3.63, 3.8) is 0 Å². The van der Waals surface area contributed by atoms with Crippen LogP contribution in [0.2, 0.25) is 0 Å². The maximum Gasteiger partial charge on any atom is 0.357 e. The van der Waals surface area contributed by atoms with Crippen molar-refractivity contribution in [1.29, 1.82) is 0 Å². The lowest BCUT2D eigenvalue weighted by atomic mass is 9.93. The molecule has 0 amide bonds. The Hall–Kier alpha value is -1.10. The molecule has 0 aliphatic rings. The standard InChI is InChI=1S/C9H14N2O2S/c1-9(2,3)4-5-11-6(8(12)13)7(10)14-5/h4,10H2,1-3H3,(H,12,13). The van der Waals surface area contributed by atoms with Crippen molar-refractivity contribution in [3.05, 3.63) is 10.7 Å². The monoisotopic (exact) mass is 214 g/mol. The van der Waals surface area contributed by atoms with E-state index in [1.165, 1.54) is 11.3 Å². The molecule has 0 unspecified atom stereocenters. The lowest BCUT2D eigenvalue weighted by Crippen LogP contribution is -2.09. The Bertz CT molecular complexity index is 352. The average molecular weight is 214 g/mol. The SMILES string of the molecule is CC(C)(C)Cc1nc(C(=O)O)c(N)s1. The number of rotatable bonds is 2. The zero-order valence-electron chi connectivity index (χ0n) is 8.50. The van der Waals surface area contributed by atoms with Crippen LogP contribution in [0.1, 0.15) is 36.3 Å². The predicted octanol–water partition coefficient (Wildman–Crippen LogP) is 2.01. The van der Waals surface area contributed by atoms with Crippen LogP contribution in [-0.2, 0) is 6.42 Å². The number of carboxylic acid groups (broad SMARTS) is 1. The summed E-state index contributed by atoms with van der Waals surface area (Å²) in [6, 6.07) is 0. The van der Waals surface area contributed by atoms with Gasteiger partial charge in [-0.1, -0.05) is 20.8 Å². The average Bonchev–Trinajstić information content (AvgIpc) is 2.26. The van der Waals surface area contributed by atoms with Crippen molar-refractivity contribution < 1.29 is 9.90 Å². The van der Waals surface area contributed by atoms with Gasteiger partial charge in [-0.15, -0.1) is 11.3 Å². The Morgan fingerprint density at radius 1 is 1.57 bits per heavy atom. The van der Waals surface area contributed by atoms with Gasteiger partial charge in [0.2, 0.25) is 0 Å². The third kappa shape index (κ3) is 2.70. The second-order valence-electron chi connectivity index (χ2n) is 4.36. The lowest BCUT2D eigenvalue weighted by Gasteiger charge is -2.15. The minimum atomic E-state index is -1.06. The highest BCUT2D eigenvalue weighted by atomic mass is 32.1. The zero-order chi connectivity index (χ0) is 10.9. The first kappa shape index (κ1) is 11.0. The van der Waals surface area contributed by atoms with Crippen LogP contribution in [0.5, 0.6) is 0 Å². The van der Waals surface area contributed by atoms with Gasteiger partial charge in [-0.05, 0) is 5.41 Å². The number of aromatic carboxylic acids is 1. The number of nitrogens with two attached hydrogens (primary N) is 1. The van der Waals surface area contributed by atoms with Crippen LogP contribution in [0.15, 0.2) is 0 Å². The van der Waals surface area contributed by atoms with Gasteiger partial charge in [-0.2, -0.15) is 0 Å². The number of anilines is 1. The molecule has 0 bridgehead atoms. The van der Waals surface area contributed by atoms with Crippen LogP contribution in [0.3, 0.4) is 0 Å². The van der Waals surface area contributed by atoms with Crippen molar-refractivity contribution >= 4 is 22.3 Å². The van der Waals surface area contributed by atoms with Crippen molar-refractivity contribution in [3.8, 4) is 0 Å². The van der Waals surface area contributed by atoms with Gasteiger partial charge in [0, 0.05) is 6.42 Å². The molecule has 0 fully saturated rings. The molecule has 0 radical (unpaired) electrons. The van der Waals surface area contributed by atoms with Gasteiger partial charge in [0.15, 0.2) is 5.69 Å². The van der Waals surface area contributed by atoms with Gasteiger partial charge in [0.25, 0.3) is 0 Å². The van der Waals surface area contributed by atoms with Crippen LogP contribution in [0.4, 0.5) is 5.00 Å². The quantitative estimate of drug-likeness (QED) is 0.789. The molecule has 5 heteroatoms. The second-order valence-corrected chi connectivity index (χ2v) is 5.48. The normalized spacial score (nSPS) is 11.6. The highest BCUT2D eigenvalue weighted by molar-refractivity contribution is 7.15. The van der Waals surface area contributed by atoms with E-state index in [2.05, 4.69) is 25.8 Å². The number of nitrogen functional groups attached to an aromatic ring is 1. The van der Waals surface area contributed by atoms with Crippen LogP contribution >= 0.6 is 11.3 Å². The molecule has 0 aliphatic carbocycles. The summed E-state index contributed by atoms with van der Waals surface area (Å²) in [4.78, 5) is 14.7. The molecule has 4 nitrogen and oxygen atoms in total. The Morgan fingerprint density at radius 3 is 2.50 bits per heavy atom. The third-order valence-electron chi connectivity index (χ3n) is 1.58. The first-order valence-corrected chi connectivity index (χ1v) is 5.10. The molecule has 0 saturated carbocycles. The highest BCUT2D eigenvalue weighted by Gasteiger charge is 2.19. The maximum absolute atomic E-state index is 10.7. The minimum Gasteiger partial charge on any atom is -0.476 e. The fourth-order valence-electron chi connectivity index (χ4n) is 1.06.